The molecule has 2 rings (SSSR count). The Morgan fingerprint density at radius 3 is 2.52 bits per heavy atom. The summed E-state index contributed by atoms with van der Waals surface area (Å²) in [6, 6.07) is 2.83. The Balaban J connectivity index is 2.36. The molecule has 1 atom stereocenters. The van der Waals surface area contributed by atoms with Gasteiger partial charge in [-0.3, -0.25) is 9.59 Å². The highest BCUT2D eigenvalue weighted by molar-refractivity contribution is 5.85. The molecule has 156 valence electrons. The molecule has 0 aliphatic carbocycles. The number of carboxylic acid groups (broad SMARTS) is 1. The molecule has 0 saturated carbocycles. The van der Waals surface area contributed by atoms with Gasteiger partial charge in [-0.25, -0.2) is 19.0 Å². The first-order valence-electron chi connectivity index (χ1n) is 8.58. The second-order valence-electron chi connectivity index (χ2n) is 6.54. The molecule has 0 radical (unpaired) electrons. The van der Waals surface area contributed by atoms with Gasteiger partial charge < -0.3 is 24.3 Å². The molecule has 0 aliphatic heterocycles. The van der Waals surface area contributed by atoms with Crippen molar-refractivity contribution >= 4 is 29.0 Å². The van der Waals surface area contributed by atoms with Crippen molar-refractivity contribution < 1.29 is 33.4 Å². The van der Waals surface area contributed by atoms with Crippen LogP contribution in [-0.4, -0.2) is 40.9 Å². The molecule has 29 heavy (non-hydrogen) atoms. The van der Waals surface area contributed by atoms with E-state index in [-0.39, 0.29) is 29.1 Å². The Hall–Kier alpha value is -3.63. The maximum Gasteiger partial charge on any atom is 0.513 e. The third kappa shape index (κ3) is 5.21. The molecule has 0 aliphatic rings. The lowest BCUT2D eigenvalue weighted by Crippen LogP contribution is -2.46. The zero-order valence-corrected chi connectivity index (χ0v) is 16.0. The highest BCUT2D eigenvalue weighted by atomic mass is 16.7. The molecule has 1 heterocycles. The lowest BCUT2D eigenvalue weighted by atomic mass is 10.0. The number of nitrogens with zero attached hydrogens (tertiary/aromatic N) is 1. The van der Waals surface area contributed by atoms with Gasteiger partial charge in [0.1, 0.15) is 12.6 Å². The average molecular weight is 408 g/mol. The first kappa shape index (κ1) is 21.7. The van der Waals surface area contributed by atoms with E-state index in [0.29, 0.717) is 4.57 Å². The van der Waals surface area contributed by atoms with E-state index in [1.807, 2.05) is 0 Å². The predicted octanol–water partition coefficient (Wildman–Crippen LogP) is 0.715. The largest absolute Gasteiger partial charge is 0.513 e. The van der Waals surface area contributed by atoms with E-state index in [1.165, 1.54) is 18.2 Å². The lowest BCUT2D eigenvalue weighted by molar-refractivity contribution is -0.142. The summed E-state index contributed by atoms with van der Waals surface area (Å²) in [5.41, 5.74) is -1.15. The molecular formula is C18H20N2O9. The number of aromatic nitrogens is 1. The van der Waals surface area contributed by atoms with Crippen molar-refractivity contribution in [2.75, 3.05) is 7.11 Å². The van der Waals surface area contributed by atoms with Crippen LogP contribution in [0.1, 0.15) is 20.3 Å². The van der Waals surface area contributed by atoms with Gasteiger partial charge >= 0.3 is 17.9 Å². The van der Waals surface area contributed by atoms with E-state index in [1.54, 1.807) is 13.8 Å². The standard InChI is InChI=1S/C18H20N2O9/c1-9(2)7-11(16(23)24)19-13(21)8-20-15(22)10-5-4-6-12(28-18(26)27-3)14(10)29-17(20)25/h4-6,9,11H,7-8H2,1-3H3,(H,19,21)(H,23,24). The predicted molar refractivity (Wildman–Crippen MR) is 98.8 cm³/mol. The fourth-order valence-electron chi connectivity index (χ4n) is 2.58. The number of carbonyl (C=O) groups excluding carboxylic acids is 2. The Morgan fingerprint density at radius 1 is 1.24 bits per heavy atom. The van der Waals surface area contributed by atoms with Gasteiger partial charge in [0.25, 0.3) is 5.56 Å². The van der Waals surface area contributed by atoms with Crippen molar-refractivity contribution in [1.82, 2.24) is 9.88 Å². The van der Waals surface area contributed by atoms with Crippen molar-refractivity contribution in [2.45, 2.75) is 32.9 Å². The third-order valence-electron chi connectivity index (χ3n) is 3.87. The van der Waals surface area contributed by atoms with Crippen molar-refractivity contribution in [3.63, 3.8) is 0 Å². The number of hydrogen-bond donors (Lipinski definition) is 2. The quantitative estimate of drug-likeness (QED) is 0.498. The molecular weight excluding hydrogens is 388 g/mol. The van der Waals surface area contributed by atoms with Gasteiger partial charge in [0.15, 0.2) is 11.3 Å². The van der Waals surface area contributed by atoms with E-state index in [4.69, 9.17) is 9.15 Å². The average Bonchev–Trinajstić information content (AvgIpc) is 2.64. The topological polar surface area (TPSA) is 154 Å². The van der Waals surface area contributed by atoms with Crippen LogP contribution in [0.5, 0.6) is 5.75 Å². The number of nitrogens with one attached hydrogen (secondary N) is 1. The SMILES string of the molecule is COC(=O)Oc1cccc2c(=O)n(CC(=O)NC(CC(C)C)C(=O)O)c(=O)oc12. The Kier molecular flexibility index (Phi) is 6.75. The van der Waals surface area contributed by atoms with Gasteiger partial charge in [-0.1, -0.05) is 19.9 Å². The normalized spacial score (nSPS) is 11.9. The van der Waals surface area contributed by atoms with Crippen LogP contribution in [-0.2, 0) is 20.9 Å². The van der Waals surface area contributed by atoms with E-state index >= 15 is 0 Å². The minimum absolute atomic E-state index is 0.00177. The van der Waals surface area contributed by atoms with Gasteiger partial charge in [-0.05, 0) is 24.5 Å². The fourth-order valence-corrected chi connectivity index (χ4v) is 2.58. The Morgan fingerprint density at radius 2 is 1.93 bits per heavy atom. The number of aliphatic carboxylic acids is 1. The maximum atomic E-state index is 12.6. The summed E-state index contributed by atoms with van der Waals surface area (Å²) in [7, 11) is 1.08. The first-order chi connectivity index (χ1) is 13.6. The highest BCUT2D eigenvalue weighted by Crippen LogP contribution is 2.22. The number of fused-ring (bicyclic) bond motifs is 1. The molecule has 11 heteroatoms. The van der Waals surface area contributed by atoms with Crippen LogP contribution in [0.3, 0.4) is 0 Å². The minimum Gasteiger partial charge on any atom is -0.480 e. The van der Waals surface area contributed by atoms with Crippen molar-refractivity contribution in [1.29, 1.82) is 0 Å². The number of rotatable bonds is 7. The number of benzene rings is 1. The molecule has 0 saturated heterocycles. The van der Waals surface area contributed by atoms with Crippen LogP contribution in [0.25, 0.3) is 11.0 Å². The van der Waals surface area contributed by atoms with Crippen LogP contribution >= 0.6 is 0 Å². The van der Waals surface area contributed by atoms with E-state index in [0.717, 1.165) is 7.11 Å². The number of carbonyl (C=O) groups is 3. The molecule has 0 bridgehead atoms. The fraction of sp³-hybridized carbons (Fsp3) is 0.389. The van der Waals surface area contributed by atoms with Gasteiger partial charge in [-0.15, -0.1) is 0 Å². The van der Waals surface area contributed by atoms with Crippen molar-refractivity contribution in [3.05, 3.63) is 39.1 Å². The number of methoxy groups -OCH3 is 1. The molecule has 2 N–H and O–H groups in total. The monoisotopic (exact) mass is 408 g/mol. The van der Waals surface area contributed by atoms with Crippen LogP contribution < -0.4 is 21.4 Å². The molecule has 11 nitrogen and oxygen atoms in total. The third-order valence-corrected chi connectivity index (χ3v) is 3.87. The minimum atomic E-state index is -1.23. The summed E-state index contributed by atoms with van der Waals surface area (Å²) >= 11 is 0. The van der Waals surface area contributed by atoms with E-state index < -0.39 is 41.9 Å². The first-order valence-corrected chi connectivity index (χ1v) is 8.58. The number of para-hydroxylation sites is 1. The maximum absolute atomic E-state index is 12.6. The summed E-state index contributed by atoms with van der Waals surface area (Å²) in [5.74, 6) is -3.45. The van der Waals surface area contributed by atoms with E-state index in [9.17, 15) is 29.1 Å². The molecule has 0 spiro atoms. The van der Waals surface area contributed by atoms with Crippen LogP contribution in [0.4, 0.5) is 4.79 Å². The molecule has 1 amide bonds. The lowest BCUT2D eigenvalue weighted by Gasteiger charge is -2.16. The Bertz CT molecular complexity index is 1050. The van der Waals surface area contributed by atoms with E-state index in [2.05, 4.69) is 10.1 Å². The second-order valence-corrected chi connectivity index (χ2v) is 6.54. The van der Waals surface area contributed by atoms with Crippen molar-refractivity contribution in [2.24, 2.45) is 5.92 Å². The Labute approximate surface area is 163 Å². The number of ether oxygens (including phenoxy) is 2. The van der Waals surface area contributed by atoms with Gasteiger partial charge in [0.2, 0.25) is 5.91 Å². The molecule has 0 fully saturated rings. The molecule has 1 aromatic heterocycles. The van der Waals surface area contributed by atoms with Crippen LogP contribution in [0.15, 0.2) is 32.2 Å². The molecule has 1 aromatic carbocycles. The number of carboxylic acids is 1. The number of hydrogen-bond acceptors (Lipinski definition) is 8. The van der Waals surface area contributed by atoms with Gasteiger partial charge in [-0.2, -0.15) is 0 Å². The zero-order chi connectivity index (χ0) is 21.7. The summed E-state index contributed by atoms with van der Waals surface area (Å²) in [5, 5.41) is 11.4. The molecule has 1 unspecified atom stereocenters. The summed E-state index contributed by atoms with van der Waals surface area (Å²) in [6.45, 7) is 2.85. The summed E-state index contributed by atoms with van der Waals surface area (Å²) in [6.07, 6.45) is -0.898. The second kappa shape index (κ2) is 9.04. The van der Waals surface area contributed by atoms with Crippen LogP contribution in [0, 0.1) is 5.92 Å². The van der Waals surface area contributed by atoms with Crippen LogP contribution in [0.2, 0.25) is 0 Å². The van der Waals surface area contributed by atoms with Gasteiger partial charge in [0.05, 0.1) is 12.5 Å². The van der Waals surface area contributed by atoms with Gasteiger partial charge in [0, 0.05) is 0 Å². The smallest absolute Gasteiger partial charge is 0.480 e. The number of amides is 1. The van der Waals surface area contributed by atoms with Crippen molar-refractivity contribution in [3.8, 4) is 5.75 Å². The summed E-state index contributed by atoms with van der Waals surface area (Å²) in [4.78, 5) is 59.6. The summed E-state index contributed by atoms with van der Waals surface area (Å²) < 4.78 is 14.8. The molecule has 2 aromatic rings. The highest BCUT2D eigenvalue weighted by Gasteiger charge is 2.23. The zero-order valence-electron chi connectivity index (χ0n) is 16.0.